The molecule has 3 amide bonds. The second-order valence-corrected chi connectivity index (χ2v) is 4.45. The molecule has 22 heavy (non-hydrogen) atoms. The number of rotatable bonds is 5. The van der Waals surface area contributed by atoms with E-state index in [0.29, 0.717) is 11.3 Å². The van der Waals surface area contributed by atoms with Crippen LogP contribution in [-0.2, 0) is 9.59 Å². The minimum absolute atomic E-state index is 0.147. The van der Waals surface area contributed by atoms with Crippen LogP contribution in [0.1, 0.15) is 5.56 Å². The van der Waals surface area contributed by atoms with Gasteiger partial charge in [0, 0.05) is 7.05 Å². The number of likely N-dealkylation sites (N-methyl/N-ethyl adjacent to an activating group) is 1. The summed E-state index contributed by atoms with van der Waals surface area (Å²) in [5.41, 5.74) is 0.743. The fourth-order valence-electron chi connectivity index (χ4n) is 1.82. The van der Waals surface area contributed by atoms with Gasteiger partial charge in [0.1, 0.15) is 5.70 Å². The summed E-state index contributed by atoms with van der Waals surface area (Å²) in [6, 6.07) is 4.22. The predicted molar refractivity (Wildman–Crippen MR) is 75.4 cm³/mol. The van der Waals surface area contributed by atoms with Crippen LogP contribution in [0.2, 0.25) is 0 Å². The van der Waals surface area contributed by atoms with Crippen LogP contribution >= 0.6 is 0 Å². The van der Waals surface area contributed by atoms with Crippen LogP contribution in [0.3, 0.4) is 0 Å². The van der Waals surface area contributed by atoms with Crippen molar-refractivity contribution in [2.24, 2.45) is 0 Å². The number of hydrogen-bond donors (Lipinski definition) is 2. The number of urea groups is 1. The number of nitrogens with zero attached hydrogens (tertiary/aromatic N) is 1. The number of imide groups is 1. The Balaban J connectivity index is 2.25. The molecular formula is C14H14N2O6. The summed E-state index contributed by atoms with van der Waals surface area (Å²) in [4.78, 5) is 34.6. The van der Waals surface area contributed by atoms with Gasteiger partial charge in [-0.3, -0.25) is 9.69 Å². The molecule has 0 unspecified atom stereocenters. The van der Waals surface area contributed by atoms with Crippen molar-refractivity contribution in [2.45, 2.75) is 0 Å². The Hall–Kier alpha value is -3.03. The third kappa shape index (κ3) is 3.17. The van der Waals surface area contributed by atoms with Crippen molar-refractivity contribution >= 4 is 24.0 Å². The second-order valence-electron chi connectivity index (χ2n) is 4.45. The number of carboxylic acid groups (broad SMARTS) is 1. The molecule has 1 aliphatic heterocycles. The van der Waals surface area contributed by atoms with E-state index < -0.39 is 24.5 Å². The van der Waals surface area contributed by atoms with E-state index in [2.05, 4.69) is 5.32 Å². The number of hydrogen-bond acceptors (Lipinski definition) is 5. The molecule has 0 aromatic heterocycles. The molecule has 1 aromatic carbocycles. The van der Waals surface area contributed by atoms with Crippen LogP contribution in [0.5, 0.6) is 11.5 Å². The van der Waals surface area contributed by atoms with Crippen molar-refractivity contribution in [3.05, 3.63) is 29.5 Å². The molecule has 116 valence electrons. The number of nitrogens with one attached hydrogen (secondary N) is 1. The molecular weight excluding hydrogens is 292 g/mol. The van der Waals surface area contributed by atoms with Crippen molar-refractivity contribution in [3.63, 3.8) is 0 Å². The third-order valence-electron chi connectivity index (χ3n) is 2.93. The lowest BCUT2D eigenvalue weighted by molar-refractivity contribution is -0.139. The quantitative estimate of drug-likeness (QED) is 0.612. The van der Waals surface area contributed by atoms with E-state index in [1.165, 1.54) is 26.3 Å². The molecule has 0 aliphatic carbocycles. The standard InChI is InChI=1S/C14H14N2O6/c1-16-13(19)9(15-14(16)20)5-8-3-4-10(11(6-8)21-2)22-7-12(17)18/h3-6H,7H2,1-2H3,(H,15,20)(H,17,18)/b9-5+. The molecule has 0 radical (unpaired) electrons. The first-order valence-corrected chi connectivity index (χ1v) is 6.25. The number of carbonyl (C=O) groups is 3. The van der Waals surface area contributed by atoms with E-state index in [9.17, 15) is 14.4 Å². The fraction of sp³-hybridized carbons (Fsp3) is 0.214. The van der Waals surface area contributed by atoms with Gasteiger partial charge in [-0.25, -0.2) is 9.59 Å². The average Bonchev–Trinajstić information content (AvgIpc) is 2.73. The largest absolute Gasteiger partial charge is 0.493 e. The normalized spacial score (nSPS) is 15.9. The zero-order chi connectivity index (χ0) is 16.3. The molecule has 2 rings (SSSR count). The van der Waals surface area contributed by atoms with Crippen molar-refractivity contribution in [1.82, 2.24) is 10.2 Å². The molecule has 1 heterocycles. The molecule has 0 saturated carbocycles. The monoisotopic (exact) mass is 306 g/mol. The highest BCUT2D eigenvalue weighted by molar-refractivity contribution is 6.13. The van der Waals surface area contributed by atoms with Gasteiger partial charge in [0.05, 0.1) is 7.11 Å². The van der Waals surface area contributed by atoms with E-state index in [1.807, 2.05) is 0 Å². The van der Waals surface area contributed by atoms with Crippen molar-refractivity contribution in [3.8, 4) is 11.5 Å². The van der Waals surface area contributed by atoms with Gasteiger partial charge in [-0.05, 0) is 23.8 Å². The maximum absolute atomic E-state index is 11.8. The van der Waals surface area contributed by atoms with Gasteiger partial charge in [-0.2, -0.15) is 0 Å². The van der Waals surface area contributed by atoms with Gasteiger partial charge in [-0.1, -0.05) is 6.07 Å². The average molecular weight is 306 g/mol. The number of methoxy groups -OCH3 is 1. The smallest absolute Gasteiger partial charge is 0.341 e. The van der Waals surface area contributed by atoms with Gasteiger partial charge in [0.2, 0.25) is 0 Å². The van der Waals surface area contributed by atoms with Gasteiger partial charge < -0.3 is 19.9 Å². The maximum Gasteiger partial charge on any atom is 0.341 e. The number of aliphatic carboxylic acids is 1. The number of carbonyl (C=O) groups excluding carboxylic acids is 2. The highest BCUT2D eigenvalue weighted by Crippen LogP contribution is 2.29. The predicted octanol–water partition coefficient (Wildman–Crippen LogP) is 0.681. The van der Waals surface area contributed by atoms with Crippen molar-refractivity contribution < 1.29 is 29.0 Å². The van der Waals surface area contributed by atoms with Crippen molar-refractivity contribution in [1.29, 1.82) is 0 Å². The molecule has 8 heteroatoms. The van der Waals surface area contributed by atoms with Crippen LogP contribution in [0, 0.1) is 0 Å². The summed E-state index contributed by atoms with van der Waals surface area (Å²) in [6.07, 6.45) is 1.49. The SMILES string of the molecule is COc1cc(/C=C2/NC(=O)N(C)C2=O)ccc1OCC(=O)O. The zero-order valence-corrected chi connectivity index (χ0v) is 12.0. The van der Waals surface area contributed by atoms with Gasteiger partial charge in [0.25, 0.3) is 5.91 Å². The number of benzene rings is 1. The van der Waals surface area contributed by atoms with E-state index in [1.54, 1.807) is 12.1 Å². The van der Waals surface area contributed by atoms with Gasteiger partial charge >= 0.3 is 12.0 Å². The molecule has 0 bridgehead atoms. The topological polar surface area (TPSA) is 105 Å². The minimum Gasteiger partial charge on any atom is -0.493 e. The second kappa shape index (κ2) is 6.17. The van der Waals surface area contributed by atoms with Crippen molar-refractivity contribution in [2.75, 3.05) is 20.8 Å². The molecule has 1 aliphatic rings. The van der Waals surface area contributed by atoms with Gasteiger partial charge in [-0.15, -0.1) is 0 Å². The highest BCUT2D eigenvalue weighted by Gasteiger charge is 2.29. The summed E-state index contributed by atoms with van der Waals surface area (Å²) in [5.74, 6) is -0.947. The van der Waals surface area contributed by atoms with E-state index in [-0.39, 0.29) is 11.4 Å². The molecule has 0 spiro atoms. The first-order chi connectivity index (χ1) is 10.4. The number of ether oxygens (including phenoxy) is 2. The molecule has 1 aromatic rings. The summed E-state index contributed by atoms with van der Waals surface area (Å²) in [6.45, 7) is -0.490. The number of carboxylic acids is 1. The summed E-state index contributed by atoms with van der Waals surface area (Å²) >= 11 is 0. The molecule has 8 nitrogen and oxygen atoms in total. The zero-order valence-electron chi connectivity index (χ0n) is 12.0. The lowest BCUT2D eigenvalue weighted by Gasteiger charge is -2.09. The Morgan fingerprint density at radius 1 is 1.36 bits per heavy atom. The van der Waals surface area contributed by atoms with E-state index in [4.69, 9.17) is 14.6 Å². The number of amides is 3. The van der Waals surface area contributed by atoms with Crippen LogP contribution in [0.15, 0.2) is 23.9 Å². The molecule has 1 saturated heterocycles. The maximum atomic E-state index is 11.8. The molecule has 0 atom stereocenters. The van der Waals surface area contributed by atoms with Crippen LogP contribution in [0.25, 0.3) is 6.08 Å². The summed E-state index contributed by atoms with van der Waals surface area (Å²) < 4.78 is 10.2. The fourth-order valence-corrected chi connectivity index (χ4v) is 1.82. The van der Waals surface area contributed by atoms with Gasteiger partial charge in [0.15, 0.2) is 18.1 Å². The third-order valence-corrected chi connectivity index (χ3v) is 2.93. The van der Waals surface area contributed by atoms with Crippen LogP contribution in [0.4, 0.5) is 4.79 Å². The Bertz CT molecular complexity index is 667. The Labute approximate surface area is 125 Å². The van der Waals surface area contributed by atoms with Crippen LogP contribution < -0.4 is 14.8 Å². The Morgan fingerprint density at radius 2 is 2.09 bits per heavy atom. The lowest BCUT2D eigenvalue weighted by Crippen LogP contribution is -2.25. The van der Waals surface area contributed by atoms with Crippen LogP contribution in [-0.4, -0.2) is 48.7 Å². The Kier molecular flexibility index (Phi) is 4.31. The minimum atomic E-state index is -1.10. The summed E-state index contributed by atoms with van der Waals surface area (Å²) in [5, 5.41) is 11.0. The van der Waals surface area contributed by atoms with E-state index in [0.717, 1.165) is 4.90 Å². The first-order valence-electron chi connectivity index (χ1n) is 6.25. The van der Waals surface area contributed by atoms with E-state index >= 15 is 0 Å². The summed E-state index contributed by atoms with van der Waals surface area (Å²) in [7, 11) is 2.79. The first kappa shape index (κ1) is 15.4. The Morgan fingerprint density at radius 3 is 2.64 bits per heavy atom. The highest BCUT2D eigenvalue weighted by atomic mass is 16.5. The molecule has 2 N–H and O–H groups in total. The molecule has 1 fully saturated rings. The lowest BCUT2D eigenvalue weighted by atomic mass is 10.1.